The van der Waals surface area contributed by atoms with Crippen LogP contribution in [0.4, 0.5) is 11.4 Å². The molecule has 0 unspecified atom stereocenters. The average molecular weight is 604 g/mol. The Morgan fingerprint density at radius 3 is 2.47 bits per heavy atom. The number of rotatable bonds is 8. The topological polar surface area (TPSA) is 114 Å². The van der Waals surface area contributed by atoms with Gasteiger partial charge in [-0.3, -0.25) is 14.6 Å². The first-order chi connectivity index (χ1) is 21.8. The summed E-state index contributed by atoms with van der Waals surface area (Å²) in [5.41, 5.74) is 6.63. The number of carbonyl (C=O) groups is 2. The summed E-state index contributed by atoms with van der Waals surface area (Å²) in [6, 6.07) is 17.3. The predicted molar refractivity (Wildman–Crippen MR) is 176 cm³/mol. The fourth-order valence-corrected chi connectivity index (χ4v) is 5.70. The van der Waals surface area contributed by atoms with Crippen LogP contribution in [0.5, 0.6) is 11.6 Å². The number of benzene rings is 2. The summed E-state index contributed by atoms with van der Waals surface area (Å²) < 4.78 is 8.33. The Hall–Kier alpha value is -5.25. The van der Waals surface area contributed by atoms with E-state index in [0.29, 0.717) is 29.4 Å². The van der Waals surface area contributed by atoms with Gasteiger partial charge in [0.15, 0.2) is 5.82 Å². The molecule has 2 amide bonds. The minimum Gasteiger partial charge on any atom is -0.437 e. The molecule has 0 atom stereocenters. The molecule has 1 aliphatic rings. The Bertz CT molecular complexity index is 1860. The molecule has 0 radical (unpaired) electrons. The molecule has 3 aromatic heterocycles. The van der Waals surface area contributed by atoms with E-state index < -0.39 is 0 Å². The third-order valence-electron chi connectivity index (χ3n) is 8.26. The summed E-state index contributed by atoms with van der Waals surface area (Å²) in [7, 11) is 1.92. The number of hydrogen-bond acceptors (Lipinski definition) is 7. The Kier molecular flexibility index (Phi) is 8.46. The van der Waals surface area contributed by atoms with Crippen molar-refractivity contribution in [1.29, 1.82) is 0 Å². The van der Waals surface area contributed by atoms with Crippen LogP contribution in [0.25, 0.3) is 22.4 Å². The number of amides is 2. The van der Waals surface area contributed by atoms with E-state index in [0.717, 1.165) is 65.0 Å². The minimum absolute atomic E-state index is 0.106. The van der Waals surface area contributed by atoms with Gasteiger partial charge in [0, 0.05) is 73.7 Å². The molecule has 0 aliphatic carbocycles. The predicted octanol–water partition coefficient (Wildman–Crippen LogP) is 6.19. The number of aromatic nitrogens is 4. The lowest BCUT2D eigenvalue weighted by atomic mass is 10.0. The van der Waals surface area contributed by atoms with E-state index in [-0.39, 0.29) is 17.9 Å². The van der Waals surface area contributed by atoms with Gasteiger partial charge < -0.3 is 24.8 Å². The number of carbonyl (C=O) groups excluding carboxylic acids is 2. The Morgan fingerprint density at radius 2 is 1.73 bits per heavy atom. The van der Waals surface area contributed by atoms with Crippen LogP contribution in [0.2, 0.25) is 0 Å². The van der Waals surface area contributed by atoms with Gasteiger partial charge in [-0.2, -0.15) is 4.98 Å². The van der Waals surface area contributed by atoms with Crippen molar-refractivity contribution in [1.82, 2.24) is 24.8 Å². The van der Waals surface area contributed by atoms with Gasteiger partial charge in [0.25, 0.3) is 5.91 Å². The van der Waals surface area contributed by atoms with Crippen LogP contribution in [0.3, 0.4) is 0 Å². The fourth-order valence-electron chi connectivity index (χ4n) is 5.70. The number of piperidine rings is 1. The van der Waals surface area contributed by atoms with Crippen LogP contribution in [-0.4, -0.2) is 50.5 Å². The van der Waals surface area contributed by atoms with Crippen molar-refractivity contribution in [2.24, 2.45) is 7.05 Å². The van der Waals surface area contributed by atoms with Crippen LogP contribution in [-0.2, 0) is 11.8 Å². The molecule has 2 aromatic carbocycles. The Morgan fingerprint density at radius 1 is 0.956 bits per heavy atom. The molecule has 45 heavy (non-hydrogen) atoms. The van der Waals surface area contributed by atoms with Gasteiger partial charge in [0.2, 0.25) is 11.8 Å². The largest absolute Gasteiger partial charge is 0.437 e. The molecule has 1 fully saturated rings. The number of hydrogen-bond donors (Lipinski definition) is 2. The molecular formula is C35H37N7O3. The van der Waals surface area contributed by atoms with Gasteiger partial charge in [0.1, 0.15) is 11.3 Å². The molecule has 10 nitrogen and oxygen atoms in total. The minimum atomic E-state index is -0.233. The molecular weight excluding hydrogens is 566 g/mol. The summed E-state index contributed by atoms with van der Waals surface area (Å²) in [5, 5.41) is 6.15. The van der Waals surface area contributed by atoms with Crippen LogP contribution in [0, 0.1) is 13.8 Å². The van der Waals surface area contributed by atoms with Crippen LogP contribution >= 0.6 is 0 Å². The zero-order valence-corrected chi connectivity index (χ0v) is 26.0. The maximum atomic E-state index is 13.4. The molecule has 10 heteroatoms. The molecule has 0 spiro atoms. The highest BCUT2D eigenvalue weighted by molar-refractivity contribution is 6.04. The average Bonchev–Trinajstić information content (AvgIpc) is 3.43. The van der Waals surface area contributed by atoms with Crippen LogP contribution in [0.15, 0.2) is 73.2 Å². The summed E-state index contributed by atoms with van der Waals surface area (Å²) >= 11 is 0. The zero-order valence-electron chi connectivity index (χ0n) is 26.0. The molecule has 230 valence electrons. The quantitative estimate of drug-likeness (QED) is 0.218. The summed E-state index contributed by atoms with van der Waals surface area (Å²) in [5.74, 6) is 1.35. The van der Waals surface area contributed by atoms with E-state index in [1.54, 1.807) is 24.5 Å². The smallest absolute Gasteiger partial charge is 0.255 e. The molecule has 5 aromatic rings. The van der Waals surface area contributed by atoms with Gasteiger partial charge in [0.05, 0.1) is 5.52 Å². The van der Waals surface area contributed by atoms with E-state index in [1.807, 2.05) is 68.1 Å². The molecule has 4 heterocycles. The van der Waals surface area contributed by atoms with Crippen molar-refractivity contribution in [3.05, 3.63) is 89.9 Å². The number of anilines is 2. The van der Waals surface area contributed by atoms with Gasteiger partial charge in [-0.1, -0.05) is 13.0 Å². The summed E-state index contributed by atoms with van der Waals surface area (Å²) in [4.78, 5) is 41.1. The molecule has 1 aliphatic heterocycles. The van der Waals surface area contributed by atoms with Crippen LogP contribution < -0.4 is 20.3 Å². The number of nitrogens with one attached hydrogen (secondary N) is 2. The number of ether oxygens (including phenoxy) is 1. The lowest BCUT2D eigenvalue weighted by Gasteiger charge is -2.35. The van der Waals surface area contributed by atoms with E-state index in [1.165, 1.54) is 0 Å². The second kappa shape index (κ2) is 12.8. The zero-order chi connectivity index (χ0) is 31.5. The summed E-state index contributed by atoms with van der Waals surface area (Å²) in [6.07, 6.45) is 7.66. The fraction of sp³-hybridized carbons (Fsp3) is 0.286. The van der Waals surface area contributed by atoms with Crippen molar-refractivity contribution in [2.45, 2.75) is 46.1 Å². The van der Waals surface area contributed by atoms with E-state index in [9.17, 15) is 9.59 Å². The highest BCUT2D eigenvalue weighted by Crippen LogP contribution is 2.33. The maximum Gasteiger partial charge on any atom is 0.255 e. The Labute approximate surface area is 262 Å². The highest BCUT2D eigenvalue weighted by Gasteiger charge is 2.22. The lowest BCUT2D eigenvalue weighted by Crippen LogP contribution is -2.44. The maximum absolute atomic E-state index is 13.4. The van der Waals surface area contributed by atoms with Gasteiger partial charge in [-0.25, -0.2) is 4.98 Å². The van der Waals surface area contributed by atoms with E-state index >= 15 is 0 Å². The molecule has 1 saturated heterocycles. The van der Waals surface area contributed by atoms with E-state index in [4.69, 9.17) is 14.7 Å². The SMILES string of the molecule is CCC(=O)NC1CCN(c2ccc(NC(=O)c3ccc(C)c(Oc4nc(-c5ccncc5)nc5ccn(C)c45)c3)cc2C)CC1. The molecule has 0 bridgehead atoms. The number of nitrogens with zero attached hydrogens (tertiary/aromatic N) is 5. The monoisotopic (exact) mass is 603 g/mol. The summed E-state index contributed by atoms with van der Waals surface area (Å²) in [6.45, 7) is 7.62. The number of aryl methyl sites for hydroxylation is 3. The Balaban J connectivity index is 1.18. The first-order valence-corrected chi connectivity index (χ1v) is 15.3. The van der Waals surface area contributed by atoms with E-state index in [2.05, 4.69) is 33.5 Å². The number of fused-ring (bicyclic) bond motifs is 1. The second-order valence-electron chi connectivity index (χ2n) is 11.5. The molecule has 2 N–H and O–H groups in total. The van der Waals surface area contributed by atoms with Crippen molar-refractivity contribution < 1.29 is 14.3 Å². The second-order valence-corrected chi connectivity index (χ2v) is 11.5. The van der Waals surface area contributed by atoms with Crippen molar-refractivity contribution in [3.63, 3.8) is 0 Å². The normalized spacial score (nSPS) is 13.6. The van der Waals surface area contributed by atoms with Gasteiger partial charge in [-0.15, -0.1) is 0 Å². The van der Waals surface area contributed by atoms with Gasteiger partial charge in [-0.05, 0) is 86.3 Å². The van der Waals surface area contributed by atoms with Crippen molar-refractivity contribution in [2.75, 3.05) is 23.3 Å². The van der Waals surface area contributed by atoms with Crippen molar-refractivity contribution >= 4 is 34.2 Å². The highest BCUT2D eigenvalue weighted by atomic mass is 16.5. The first-order valence-electron chi connectivity index (χ1n) is 15.3. The van der Waals surface area contributed by atoms with Crippen LogP contribution in [0.1, 0.15) is 47.7 Å². The number of pyridine rings is 1. The van der Waals surface area contributed by atoms with Crippen molar-refractivity contribution in [3.8, 4) is 23.0 Å². The standard InChI is InChI=1S/C35H37N7O3/c1-5-31(43)37-26-12-18-42(19-13-26)29-9-8-27(20-23(29)3)38-34(44)25-7-6-22(2)30(21-25)45-35-32-28(14-17-41(32)4)39-33(40-35)24-10-15-36-16-11-24/h6-11,14-17,20-21,26H,5,12-13,18-19H2,1-4H3,(H,37,43)(H,38,44). The lowest BCUT2D eigenvalue weighted by molar-refractivity contribution is -0.121. The molecule has 0 saturated carbocycles. The molecule has 6 rings (SSSR count). The first kappa shape index (κ1) is 29.8. The third-order valence-corrected chi connectivity index (χ3v) is 8.26. The third kappa shape index (κ3) is 6.50. The van der Waals surface area contributed by atoms with Gasteiger partial charge >= 0.3 is 0 Å².